The van der Waals surface area contributed by atoms with Gasteiger partial charge < -0.3 is 15.5 Å². The van der Waals surface area contributed by atoms with Crippen molar-refractivity contribution < 1.29 is 24.6 Å². The summed E-state index contributed by atoms with van der Waals surface area (Å²) in [5.74, 6) is -2.31. The first-order valence-electron chi connectivity index (χ1n) is 4.82. The SMILES string of the molecule is CNC(=O)CCCN(CC(=O)O)CC(=O)O. The van der Waals surface area contributed by atoms with Gasteiger partial charge in [0, 0.05) is 13.5 Å². The minimum absolute atomic E-state index is 0.148. The molecule has 0 heterocycles. The van der Waals surface area contributed by atoms with E-state index in [9.17, 15) is 14.4 Å². The minimum Gasteiger partial charge on any atom is -0.480 e. The molecule has 0 aromatic carbocycles. The van der Waals surface area contributed by atoms with Crippen LogP contribution in [0.3, 0.4) is 0 Å². The standard InChI is InChI=1S/C9H16N2O5/c1-10-7(12)3-2-4-11(5-8(13)14)6-9(15)16/h2-6H2,1H3,(H,10,12)(H,13,14)(H,15,16). The number of carboxylic acids is 2. The Bertz CT molecular complexity index is 251. The highest BCUT2D eigenvalue weighted by Gasteiger charge is 2.13. The predicted octanol–water partition coefficient (Wildman–Crippen LogP) is -1.02. The Morgan fingerprint density at radius 1 is 1.12 bits per heavy atom. The molecule has 0 aliphatic carbocycles. The molecule has 0 spiro atoms. The van der Waals surface area contributed by atoms with Crippen LogP contribution in [0.5, 0.6) is 0 Å². The Labute approximate surface area is 93.0 Å². The molecule has 1 amide bonds. The summed E-state index contributed by atoms with van der Waals surface area (Å²) >= 11 is 0. The Balaban J connectivity index is 3.96. The van der Waals surface area contributed by atoms with E-state index in [4.69, 9.17) is 10.2 Å². The molecule has 7 heteroatoms. The number of amides is 1. The molecule has 92 valence electrons. The van der Waals surface area contributed by atoms with Crippen molar-refractivity contribution in [3.05, 3.63) is 0 Å². The van der Waals surface area contributed by atoms with Crippen LogP contribution in [0, 0.1) is 0 Å². The van der Waals surface area contributed by atoms with Crippen LogP contribution in [0.15, 0.2) is 0 Å². The van der Waals surface area contributed by atoms with E-state index in [1.54, 1.807) is 0 Å². The Kier molecular flexibility index (Phi) is 6.86. The molecule has 0 aliphatic heterocycles. The van der Waals surface area contributed by atoms with Gasteiger partial charge in [-0.25, -0.2) is 0 Å². The van der Waals surface area contributed by atoms with Crippen LogP contribution in [0.2, 0.25) is 0 Å². The van der Waals surface area contributed by atoms with E-state index in [1.165, 1.54) is 11.9 Å². The van der Waals surface area contributed by atoms with Gasteiger partial charge in [-0.15, -0.1) is 0 Å². The van der Waals surface area contributed by atoms with E-state index >= 15 is 0 Å². The van der Waals surface area contributed by atoms with E-state index in [1.807, 2.05) is 0 Å². The summed E-state index contributed by atoms with van der Waals surface area (Å²) < 4.78 is 0. The van der Waals surface area contributed by atoms with E-state index in [0.29, 0.717) is 6.42 Å². The smallest absolute Gasteiger partial charge is 0.317 e. The van der Waals surface area contributed by atoms with Gasteiger partial charge in [0.1, 0.15) is 0 Å². The number of carbonyl (C=O) groups is 3. The van der Waals surface area contributed by atoms with Crippen molar-refractivity contribution in [2.24, 2.45) is 0 Å². The molecule has 16 heavy (non-hydrogen) atoms. The fourth-order valence-corrected chi connectivity index (χ4v) is 1.18. The fourth-order valence-electron chi connectivity index (χ4n) is 1.18. The molecule has 0 unspecified atom stereocenters. The number of aliphatic carboxylic acids is 2. The normalized spacial score (nSPS) is 10.1. The second kappa shape index (κ2) is 7.63. The third kappa shape index (κ3) is 7.74. The molecule has 7 nitrogen and oxygen atoms in total. The second-order valence-corrected chi connectivity index (χ2v) is 3.27. The molecule has 0 bridgehead atoms. The maximum atomic E-state index is 10.9. The summed E-state index contributed by atoms with van der Waals surface area (Å²) in [6.07, 6.45) is 0.687. The van der Waals surface area contributed by atoms with Crippen LogP contribution < -0.4 is 5.32 Å². The predicted molar refractivity (Wildman–Crippen MR) is 55.0 cm³/mol. The molecule has 0 fully saturated rings. The van der Waals surface area contributed by atoms with Gasteiger partial charge in [0.25, 0.3) is 0 Å². The van der Waals surface area contributed by atoms with Crippen LogP contribution >= 0.6 is 0 Å². The molecule has 3 N–H and O–H groups in total. The molecule has 0 radical (unpaired) electrons. The maximum absolute atomic E-state index is 10.9. The summed E-state index contributed by atoms with van der Waals surface area (Å²) in [7, 11) is 1.51. The molecule has 0 saturated heterocycles. The maximum Gasteiger partial charge on any atom is 0.317 e. The number of carboxylic acid groups (broad SMARTS) is 2. The molecular formula is C9H16N2O5. The quantitative estimate of drug-likeness (QED) is 0.494. The van der Waals surface area contributed by atoms with Crippen LogP contribution in [0.25, 0.3) is 0 Å². The molecule has 0 rings (SSSR count). The average Bonchev–Trinajstić information content (AvgIpc) is 2.15. The van der Waals surface area contributed by atoms with Crippen LogP contribution in [0.1, 0.15) is 12.8 Å². The Morgan fingerprint density at radius 2 is 1.62 bits per heavy atom. The van der Waals surface area contributed by atoms with Crippen molar-refractivity contribution in [1.82, 2.24) is 10.2 Å². The minimum atomic E-state index is -1.08. The highest BCUT2D eigenvalue weighted by Crippen LogP contribution is 1.95. The number of nitrogens with one attached hydrogen (secondary N) is 1. The van der Waals surface area contributed by atoms with E-state index < -0.39 is 11.9 Å². The zero-order chi connectivity index (χ0) is 12.6. The third-order valence-corrected chi connectivity index (χ3v) is 1.87. The van der Waals surface area contributed by atoms with Gasteiger partial charge in [0.15, 0.2) is 0 Å². The molecule has 0 atom stereocenters. The van der Waals surface area contributed by atoms with E-state index in [-0.39, 0.29) is 32.0 Å². The Hall–Kier alpha value is -1.63. The van der Waals surface area contributed by atoms with E-state index in [0.717, 1.165) is 0 Å². The molecular weight excluding hydrogens is 216 g/mol. The van der Waals surface area contributed by atoms with Crippen molar-refractivity contribution >= 4 is 17.8 Å². The third-order valence-electron chi connectivity index (χ3n) is 1.87. The molecule has 0 aromatic heterocycles. The Morgan fingerprint density at radius 3 is 2.00 bits per heavy atom. The van der Waals surface area contributed by atoms with Crippen molar-refractivity contribution in [3.8, 4) is 0 Å². The summed E-state index contributed by atoms with van der Waals surface area (Å²) in [6.45, 7) is -0.397. The number of hydrogen-bond acceptors (Lipinski definition) is 4. The lowest BCUT2D eigenvalue weighted by molar-refractivity contribution is -0.141. The van der Waals surface area contributed by atoms with E-state index in [2.05, 4.69) is 5.32 Å². The zero-order valence-electron chi connectivity index (χ0n) is 9.10. The number of nitrogens with zero attached hydrogens (tertiary/aromatic N) is 1. The van der Waals surface area contributed by atoms with Crippen molar-refractivity contribution in [2.75, 3.05) is 26.7 Å². The van der Waals surface area contributed by atoms with Gasteiger partial charge in [0.2, 0.25) is 5.91 Å². The summed E-state index contributed by atoms with van der Waals surface area (Å²) in [5.41, 5.74) is 0. The highest BCUT2D eigenvalue weighted by molar-refractivity contribution is 5.75. The highest BCUT2D eigenvalue weighted by atomic mass is 16.4. The lowest BCUT2D eigenvalue weighted by atomic mass is 10.2. The van der Waals surface area contributed by atoms with Gasteiger partial charge in [-0.1, -0.05) is 0 Å². The zero-order valence-corrected chi connectivity index (χ0v) is 9.10. The van der Waals surface area contributed by atoms with Gasteiger partial charge in [0.05, 0.1) is 13.1 Å². The summed E-state index contributed by atoms with van der Waals surface area (Å²) in [5, 5.41) is 19.5. The molecule has 0 aliphatic rings. The van der Waals surface area contributed by atoms with Gasteiger partial charge in [-0.05, 0) is 13.0 Å². The number of carbonyl (C=O) groups excluding carboxylic acids is 1. The first-order chi connectivity index (χ1) is 7.45. The first kappa shape index (κ1) is 14.4. The van der Waals surface area contributed by atoms with Crippen LogP contribution in [0.4, 0.5) is 0 Å². The average molecular weight is 232 g/mol. The van der Waals surface area contributed by atoms with Crippen LogP contribution in [-0.2, 0) is 14.4 Å². The monoisotopic (exact) mass is 232 g/mol. The van der Waals surface area contributed by atoms with Crippen molar-refractivity contribution in [1.29, 1.82) is 0 Å². The fraction of sp³-hybridized carbons (Fsp3) is 0.667. The number of hydrogen-bond donors (Lipinski definition) is 3. The lowest BCUT2D eigenvalue weighted by Gasteiger charge is -2.17. The summed E-state index contributed by atoms with van der Waals surface area (Å²) in [6, 6.07) is 0. The lowest BCUT2D eigenvalue weighted by Crippen LogP contribution is -2.35. The second-order valence-electron chi connectivity index (χ2n) is 3.27. The first-order valence-corrected chi connectivity index (χ1v) is 4.82. The van der Waals surface area contributed by atoms with Gasteiger partial charge in [-0.3, -0.25) is 19.3 Å². The topological polar surface area (TPSA) is 107 Å². The summed E-state index contributed by atoms with van der Waals surface area (Å²) in [4.78, 5) is 33.0. The van der Waals surface area contributed by atoms with Crippen LogP contribution in [-0.4, -0.2) is 59.6 Å². The molecule has 0 aromatic rings. The van der Waals surface area contributed by atoms with Crippen molar-refractivity contribution in [2.45, 2.75) is 12.8 Å². The van der Waals surface area contributed by atoms with Gasteiger partial charge >= 0.3 is 11.9 Å². The largest absolute Gasteiger partial charge is 0.480 e. The molecule has 0 saturated carbocycles. The number of rotatable bonds is 8. The van der Waals surface area contributed by atoms with Gasteiger partial charge in [-0.2, -0.15) is 0 Å². The van der Waals surface area contributed by atoms with Crippen molar-refractivity contribution in [3.63, 3.8) is 0 Å².